The summed E-state index contributed by atoms with van der Waals surface area (Å²) in [5, 5.41) is 3.50. The number of benzene rings is 1. The molecule has 1 N–H and O–H groups in total. The average molecular weight is 260 g/mol. The van der Waals surface area contributed by atoms with Crippen molar-refractivity contribution < 1.29 is 0 Å². The Labute approximate surface area is 118 Å². The molecule has 106 valence electrons. The van der Waals surface area contributed by atoms with Crippen LogP contribution in [-0.2, 0) is 6.54 Å². The molecule has 1 aromatic rings. The SMILES string of the molecule is CNC1CCCC1CN(Cc1ccccc1)C(C)C. The molecule has 1 fully saturated rings. The van der Waals surface area contributed by atoms with E-state index in [4.69, 9.17) is 0 Å². The van der Waals surface area contributed by atoms with Crippen LogP contribution in [0, 0.1) is 5.92 Å². The first kappa shape index (κ1) is 14.5. The van der Waals surface area contributed by atoms with Crippen LogP contribution >= 0.6 is 0 Å². The van der Waals surface area contributed by atoms with Gasteiger partial charge in [0.1, 0.15) is 0 Å². The molecule has 0 saturated heterocycles. The minimum atomic E-state index is 0.610. The molecule has 0 heterocycles. The minimum absolute atomic E-state index is 0.610. The Bertz CT molecular complexity index is 361. The summed E-state index contributed by atoms with van der Waals surface area (Å²) in [6.45, 7) is 6.92. The van der Waals surface area contributed by atoms with Gasteiger partial charge in [0.2, 0.25) is 0 Å². The second-order valence-electron chi connectivity index (χ2n) is 6.09. The Morgan fingerprint density at radius 3 is 2.58 bits per heavy atom. The molecule has 1 aliphatic rings. The largest absolute Gasteiger partial charge is 0.317 e. The maximum atomic E-state index is 3.50. The van der Waals surface area contributed by atoms with Gasteiger partial charge in [0.15, 0.2) is 0 Å². The Hall–Kier alpha value is -0.860. The van der Waals surface area contributed by atoms with Gasteiger partial charge in [-0.05, 0) is 45.2 Å². The van der Waals surface area contributed by atoms with Crippen LogP contribution < -0.4 is 5.32 Å². The Balaban J connectivity index is 1.96. The lowest BCUT2D eigenvalue weighted by molar-refractivity contribution is 0.169. The zero-order valence-electron chi connectivity index (χ0n) is 12.6. The van der Waals surface area contributed by atoms with Gasteiger partial charge in [0.25, 0.3) is 0 Å². The highest BCUT2D eigenvalue weighted by Gasteiger charge is 2.28. The third-order valence-corrected chi connectivity index (χ3v) is 4.46. The fraction of sp³-hybridized carbons (Fsp3) is 0.647. The Morgan fingerprint density at radius 1 is 1.21 bits per heavy atom. The van der Waals surface area contributed by atoms with Gasteiger partial charge in [0, 0.05) is 25.2 Å². The zero-order chi connectivity index (χ0) is 13.7. The van der Waals surface area contributed by atoms with Crippen molar-refractivity contribution in [3.63, 3.8) is 0 Å². The summed E-state index contributed by atoms with van der Waals surface area (Å²) in [7, 11) is 2.11. The average Bonchev–Trinajstić information content (AvgIpc) is 2.86. The van der Waals surface area contributed by atoms with Crippen molar-refractivity contribution in [3.05, 3.63) is 35.9 Å². The number of hydrogen-bond donors (Lipinski definition) is 1. The van der Waals surface area contributed by atoms with E-state index in [2.05, 4.69) is 61.4 Å². The number of nitrogens with zero attached hydrogens (tertiary/aromatic N) is 1. The second-order valence-corrected chi connectivity index (χ2v) is 6.09. The van der Waals surface area contributed by atoms with Crippen LogP contribution in [-0.4, -0.2) is 30.6 Å². The van der Waals surface area contributed by atoms with Crippen molar-refractivity contribution in [1.29, 1.82) is 0 Å². The molecular weight excluding hydrogens is 232 g/mol. The van der Waals surface area contributed by atoms with E-state index in [1.807, 2.05) is 0 Å². The van der Waals surface area contributed by atoms with Gasteiger partial charge in [0.05, 0.1) is 0 Å². The predicted molar refractivity (Wildman–Crippen MR) is 82.2 cm³/mol. The summed E-state index contributed by atoms with van der Waals surface area (Å²) in [6, 6.07) is 12.2. The number of rotatable bonds is 6. The first-order valence-electron chi connectivity index (χ1n) is 7.66. The van der Waals surface area contributed by atoms with Crippen LogP contribution in [0.4, 0.5) is 0 Å². The van der Waals surface area contributed by atoms with Gasteiger partial charge in [-0.15, -0.1) is 0 Å². The molecule has 2 nitrogen and oxygen atoms in total. The Kier molecular flexibility index (Phi) is 5.41. The fourth-order valence-electron chi connectivity index (χ4n) is 3.21. The van der Waals surface area contributed by atoms with Crippen molar-refractivity contribution >= 4 is 0 Å². The monoisotopic (exact) mass is 260 g/mol. The Morgan fingerprint density at radius 2 is 1.95 bits per heavy atom. The maximum absolute atomic E-state index is 3.50. The molecule has 0 radical (unpaired) electrons. The standard InChI is InChI=1S/C17H28N2/c1-14(2)19(12-15-8-5-4-6-9-15)13-16-10-7-11-17(16)18-3/h4-6,8-9,14,16-18H,7,10-13H2,1-3H3. The lowest BCUT2D eigenvalue weighted by atomic mass is 10.0. The van der Waals surface area contributed by atoms with E-state index in [-0.39, 0.29) is 0 Å². The van der Waals surface area contributed by atoms with Crippen molar-refractivity contribution in [2.45, 2.75) is 51.7 Å². The highest BCUT2D eigenvalue weighted by atomic mass is 15.2. The van der Waals surface area contributed by atoms with E-state index in [1.54, 1.807) is 0 Å². The van der Waals surface area contributed by atoms with Gasteiger partial charge >= 0.3 is 0 Å². The third kappa shape index (κ3) is 4.05. The molecule has 1 saturated carbocycles. The molecule has 0 aliphatic heterocycles. The lowest BCUT2D eigenvalue weighted by Gasteiger charge is -2.31. The fourth-order valence-corrected chi connectivity index (χ4v) is 3.21. The highest BCUT2D eigenvalue weighted by Crippen LogP contribution is 2.27. The molecule has 1 aliphatic carbocycles. The van der Waals surface area contributed by atoms with Crippen molar-refractivity contribution in [3.8, 4) is 0 Å². The summed E-state index contributed by atoms with van der Waals surface area (Å²) in [4.78, 5) is 2.62. The summed E-state index contributed by atoms with van der Waals surface area (Å²) in [5.41, 5.74) is 1.43. The van der Waals surface area contributed by atoms with Gasteiger partial charge in [-0.1, -0.05) is 36.8 Å². The van der Waals surface area contributed by atoms with Gasteiger partial charge in [-0.3, -0.25) is 4.90 Å². The molecular formula is C17H28N2. The summed E-state index contributed by atoms with van der Waals surface area (Å²) >= 11 is 0. The highest BCUT2D eigenvalue weighted by molar-refractivity contribution is 5.14. The normalized spacial score (nSPS) is 23.4. The van der Waals surface area contributed by atoms with Crippen molar-refractivity contribution in [2.24, 2.45) is 5.92 Å². The molecule has 0 amide bonds. The van der Waals surface area contributed by atoms with Crippen LogP contribution in [0.15, 0.2) is 30.3 Å². The van der Waals surface area contributed by atoms with Crippen LogP contribution in [0.25, 0.3) is 0 Å². The number of nitrogens with one attached hydrogen (secondary N) is 1. The van der Waals surface area contributed by atoms with E-state index in [0.717, 1.165) is 18.5 Å². The smallest absolute Gasteiger partial charge is 0.0236 e. The van der Waals surface area contributed by atoms with E-state index in [0.29, 0.717) is 6.04 Å². The molecule has 19 heavy (non-hydrogen) atoms. The second kappa shape index (κ2) is 7.06. The molecule has 0 spiro atoms. The van der Waals surface area contributed by atoms with E-state index >= 15 is 0 Å². The number of hydrogen-bond acceptors (Lipinski definition) is 2. The van der Waals surface area contributed by atoms with Crippen LogP contribution in [0.3, 0.4) is 0 Å². The lowest BCUT2D eigenvalue weighted by Crippen LogP contribution is -2.40. The van der Waals surface area contributed by atoms with Crippen molar-refractivity contribution in [2.75, 3.05) is 13.6 Å². The van der Waals surface area contributed by atoms with Crippen LogP contribution in [0.5, 0.6) is 0 Å². The first-order chi connectivity index (χ1) is 9.20. The van der Waals surface area contributed by atoms with Gasteiger partial charge in [-0.2, -0.15) is 0 Å². The molecule has 0 bridgehead atoms. The third-order valence-electron chi connectivity index (χ3n) is 4.46. The summed E-state index contributed by atoms with van der Waals surface area (Å²) < 4.78 is 0. The zero-order valence-corrected chi connectivity index (χ0v) is 12.6. The van der Waals surface area contributed by atoms with E-state index < -0.39 is 0 Å². The van der Waals surface area contributed by atoms with Gasteiger partial charge < -0.3 is 5.32 Å². The summed E-state index contributed by atoms with van der Waals surface area (Å²) in [6.07, 6.45) is 4.11. The van der Waals surface area contributed by atoms with Crippen molar-refractivity contribution in [1.82, 2.24) is 10.2 Å². The molecule has 2 atom stereocenters. The van der Waals surface area contributed by atoms with Crippen LogP contribution in [0.2, 0.25) is 0 Å². The molecule has 0 aromatic heterocycles. The maximum Gasteiger partial charge on any atom is 0.0236 e. The summed E-state index contributed by atoms with van der Waals surface area (Å²) in [5.74, 6) is 0.816. The quantitative estimate of drug-likeness (QED) is 0.844. The molecule has 2 unspecified atom stereocenters. The minimum Gasteiger partial charge on any atom is -0.317 e. The molecule has 2 rings (SSSR count). The van der Waals surface area contributed by atoms with Crippen LogP contribution in [0.1, 0.15) is 38.7 Å². The molecule has 2 heteroatoms. The predicted octanol–water partition coefficient (Wildman–Crippen LogP) is 3.29. The van der Waals surface area contributed by atoms with E-state index in [1.165, 1.54) is 31.4 Å². The topological polar surface area (TPSA) is 15.3 Å². The van der Waals surface area contributed by atoms with Gasteiger partial charge in [-0.25, -0.2) is 0 Å². The molecule has 1 aromatic carbocycles. The first-order valence-corrected chi connectivity index (χ1v) is 7.66. The van der Waals surface area contributed by atoms with E-state index in [9.17, 15) is 0 Å².